The minimum Gasteiger partial charge on any atom is -0.494 e. The summed E-state index contributed by atoms with van der Waals surface area (Å²) >= 11 is 0. The zero-order valence-electron chi connectivity index (χ0n) is 10.3. The molecule has 1 heterocycles. The Morgan fingerprint density at radius 2 is 2.22 bits per heavy atom. The number of aromatic hydroxyl groups is 1. The minimum absolute atomic E-state index is 0.0672. The summed E-state index contributed by atoms with van der Waals surface area (Å²) in [5.41, 5.74) is -1.10. The predicted molar refractivity (Wildman–Crippen MR) is 68.5 cm³/mol. The molecule has 1 aromatic rings. The van der Waals surface area contributed by atoms with Gasteiger partial charge in [0.1, 0.15) is 5.56 Å². The van der Waals surface area contributed by atoms with Crippen molar-refractivity contribution in [2.75, 3.05) is 0 Å². The molecule has 0 spiro atoms. The maximum absolute atomic E-state index is 11.6. The van der Waals surface area contributed by atoms with E-state index in [2.05, 4.69) is 9.98 Å². The number of nitrogens with one attached hydrogen (secondary N) is 1. The maximum Gasteiger partial charge on any atom is 0.331 e. The van der Waals surface area contributed by atoms with Gasteiger partial charge in [-0.3, -0.25) is 19.3 Å². The van der Waals surface area contributed by atoms with Crippen LogP contribution < -0.4 is 11.2 Å². The van der Waals surface area contributed by atoms with Gasteiger partial charge in [0.15, 0.2) is 0 Å². The molecule has 0 atom stereocenters. The molecule has 0 unspecified atom stereocenters. The first-order chi connectivity index (χ1) is 8.63. The Morgan fingerprint density at radius 3 is 2.83 bits per heavy atom. The number of hydrogen-bond donors (Lipinski definition) is 2. The summed E-state index contributed by atoms with van der Waals surface area (Å²) in [5.74, 6) is -0.290. The Kier molecular flexibility index (Phi) is 3.64. The summed E-state index contributed by atoms with van der Waals surface area (Å²) in [5, 5.41) is 9.96. The number of aromatic amines is 1. The van der Waals surface area contributed by atoms with E-state index in [9.17, 15) is 14.7 Å². The van der Waals surface area contributed by atoms with Crippen LogP contribution in [0.4, 0.5) is 0 Å². The van der Waals surface area contributed by atoms with E-state index >= 15 is 0 Å². The standard InChI is InChI=1S/C12H17N3O3/c1-2-3-6-15-11(17)9(7-13-8-4-5-8)10(16)14-12(15)18/h7-8,17H,2-6H2,1H3,(H,14,16,18). The van der Waals surface area contributed by atoms with Crippen LogP contribution >= 0.6 is 0 Å². The van der Waals surface area contributed by atoms with Crippen LogP contribution in [0.5, 0.6) is 5.88 Å². The van der Waals surface area contributed by atoms with Crippen molar-refractivity contribution in [3.05, 3.63) is 26.4 Å². The van der Waals surface area contributed by atoms with Crippen LogP contribution in [0, 0.1) is 0 Å². The van der Waals surface area contributed by atoms with Crippen molar-refractivity contribution < 1.29 is 5.11 Å². The quantitative estimate of drug-likeness (QED) is 0.752. The fourth-order valence-corrected chi connectivity index (χ4v) is 1.62. The maximum atomic E-state index is 11.6. The van der Waals surface area contributed by atoms with Crippen molar-refractivity contribution in [2.24, 2.45) is 4.99 Å². The first kappa shape index (κ1) is 12.6. The molecule has 1 fully saturated rings. The van der Waals surface area contributed by atoms with E-state index in [0.29, 0.717) is 6.54 Å². The van der Waals surface area contributed by atoms with Gasteiger partial charge < -0.3 is 5.11 Å². The van der Waals surface area contributed by atoms with Crippen molar-refractivity contribution >= 4 is 6.21 Å². The molecule has 1 saturated carbocycles. The lowest BCUT2D eigenvalue weighted by atomic mass is 10.3. The molecule has 0 bridgehead atoms. The third-order valence-corrected chi connectivity index (χ3v) is 2.90. The fourth-order valence-electron chi connectivity index (χ4n) is 1.62. The Hall–Kier alpha value is -1.85. The summed E-state index contributed by atoms with van der Waals surface area (Å²) in [7, 11) is 0. The molecule has 18 heavy (non-hydrogen) atoms. The molecular formula is C12H17N3O3. The van der Waals surface area contributed by atoms with E-state index in [4.69, 9.17) is 0 Å². The number of H-pyrrole nitrogens is 1. The first-order valence-electron chi connectivity index (χ1n) is 6.22. The van der Waals surface area contributed by atoms with Crippen LogP contribution in [-0.2, 0) is 6.54 Å². The van der Waals surface area contributed by atoms with Gasteiger partial charge in [0.05, 0.1) is 6.04 Å². The molecular weight excluding hydrogens is 234 g/mol. The van der Waals surface area contributed by atoms with Gasteiger partial charge in [0, 0.05) is 12.8 Å². The van der Waals surface area contributed by atoms with Crippen molar-refractivity contribution in [3.63, 3.8) is 0 Å². The normalized spacial score (nSPS) is 15.4. The highest BCUT2D eigenvalue weighted by atomic mass is 16.3. The highest BCUT2D eigenvalue weighted by Gasteiger charge is 2.20. The SMILES string of the molecule is CCCCn1c(O)c(C=NC2CC2)c(=O)[nH]c1=O. The van der Waals surface area contributed by atoms with Crippen LogP contribution in [0.2, 0.25) is 0 Å². The van der Waals surface area contributed by atoms with E-state index in [-0.39, 0.29) is 17.5 Å². The lowest BCUT2D eigenvalue weighted by molar-refractivity contribution is 0.394. The van der Waals surface area contributed by atoms with Crippen molar-refractivity contribution in [2.45, 2.75) is 45.2 Å². The summed E-state index contributed by atoms with van der Waals surface area (Å²) in [6.07, 6.45) is 5.07. The van der Waals surface area contributed by atoms with Crippen molar-refractivity contribution in [1.82, 2.24) is 9.55 Å². The topological polar surface area (TPSA) is 87.4 Å². The lowest BCUT2D eigenvalue weighted by Gasteiger charge is -2.08. The van der Waals surface area contributed by atoms with E-state index in [1.165, 1.54) is 10.8 Å². The Labute approximate surface area is 104 Å². The fraction of sp³-hybridized carbons (Fsp3) is 0.583. The van der Waals surface area contributed by atoms with Crippen molar-refractivity contribution in [1.29, 1.82) is 0 Å². The average Bonchev–Trinajstić information content (AvgIpc) is 3.12. The van der Waals surface area contributed by atoms with E-state index in [1.54, 1.807) is 0 Å². The van der Waals surface area contributed by atoms with Crippen LogP contribution in [0.15, 0.2) is 14.6 Å². The smallest absolute Gasteiger partial charge is 0.331 e. The molecule has 2 N–H and O–H groups in total. The van der Waals surface area contributed by atoms with Gasteiger partial charge in [-0.1, -0.05) is 13.3 Å². The second-order valence-corrected chi connectivity index (χ2v) is 4.51. The summed E-state index contributed by atoms with van der Waals surface area (Å²) < 4.78 is 1.18. The molecule has 0 amide bonds. The Morgan fingerprint density at radius 1 is 1.50 bits per heavy atom. The monoisotopic (exact) mass is 251 g/mol. The molecule has 1 aromatic heterocycles. The third kappa shape index (κ3) is 2.69. The van der Waals surface area contributed by atoms with E-state index in [0.717, 1.165) is 25.7 Å². The molecule has 0 aromatic carbocycles. The molecule has 1 aliphatic rings. The molecule has 6 heteroatoms. The largest absolute Gasteiger partial charge is 0.494 e. The summed E-state index contributed by atoms with van der Waals surface area (Å²) in [6, 6.07) is 0.264. The Balaban J connectivity index is 2.38. The highest BCUT2D eigenvalue weighted by molar-refractivity contribution is 5.82. The van der Waals surface area contributed by atoms with Gasteiger partial charge in [-0.05, 0) is 19.3 Å². The van der Waals surface area contributed by atoms with Crippen LogP contribution in [-0.4, -0.2) is 26.9 Å². The zero-order valence-corrected chi connectivity index (χ0v) is 10.3. The molecule has 6 nitrogen and oxygen atoms in total. The first-order valence-corrected chi connectivity index (χ1v) is 6.22. The lowest BCUT2D eigenvalue weighted by Crippen LogP contribution is -2.32. The summed E-state index contributed by atoms with van der Waals surface area (Å²) in [4.78, 5) is 29.5. The Bertz CT molecular complexity index is 567. The van der Waals surface area contributed by atoms with Gasteiger partial charge in [-0.2, -0.15) is 0 Å². The third-order valence-electron chi connectivity index (χ3n) is 2.90. The number of aromatic nitrogens is 2. The molecule has 1 aliphatic carbocycles. The second kappa shape index (κ2) is 5.20. The zero-order chi connectivity index (χ0) is 13.1. The van der Waals surface area contributed by atoms with Crippen LogP contribution in [0.3, 0.4) is 0 Å². The van der Waals surface area contributed by atoms with Gasteiger partial charge in [-0.25, -0.2) is 4.79 Å². The molecule has 0 saturated heterocycles. The molecule has 2 rings (SSSR count). The van der Waals surface area contributed by atoms with Gasteiger partial charge >= 0.3 is 5.69 Å². The molecule has 0 radical (unpaired) electrons. The number of rotatable bonds is 5. The number of nitrogens with zero attached hydrogens (tertiary/aromatic N) is 2. The van der Waals surface area contributed by atoms with Gasteiger partial charge in [-0.15, -0.1) is 0 Å². The number of hydrogen-bond acceptors (Lipinski definition) is 4. The predicted octanol–water partition coefficient (Wildman–Crippen LogP) is 0.624. The number of aliphatic imine (C=N–C) groups is 1. The second-order valence-electron chi connectivity index (χ2n) is 4.51. The van der Waals surface area contributed by atoms with Crippen molar-refractivity contribution in [3.8, 4) is 5.88 Å². The van der Waals surface area contributed by atoms with Crippen LogP contribution in [0.25, 0.3) is 0 Å². The van der Waals surface area contributed by atoms with E-state index < -0.39 is 11.2 Å². The molecule has 0 aliphatic heterocycles. The molecule has 98 valence electrons. The van der Waals surface area contributed by atoms with Crippen LogP contribution in [0.1, 0.15) is 38.2 Å². The minimum atomic E-state index is -0.588. The highest BCUT2D eigenvalue weighted by Crippen LogP contribution is 2.23. The van der Waals surface area contributed by atoms with E-state index in [1.807, 2.05) is 6.92 Å². The summed E-state index contributed by atoms with van der Waals surface area (Å²) in [6.45, 7) is 2.38. The van der Waals surface area contributed by atoms with Gasteiger partial charge in [0.2, 0.25) is 5.88 Å². The average molecular weight is 251 g/mol. The van der Waals surface area contributed by atoms with Gasteiger partial charge in [0.25, 0.3) is 5.56 Å². The number of unbranched alkanes of at least 4 members (excludes halogenated alkanes) is 1.